The van der Waals surface area contributed by atoms with Crippen LogP contribution in [-0.2, 0) is 4.79 Å². The summed E-state index contributed by atoms with van der Waals surface area (Å²) in [7, 11) is 0. The molecule has 1 fully saturated rings. The van der Waals surface area contributed by atoms with E-state index in [4.69, 9.17) is 11.6 Å². The van der Waals surface area contributed by atoms with Crippen LogP contribution < -0.4 is 15.1 Å². The van der Waals surface area contributed by atoms with E-state index in [1.807, 2.05) is 54.3 Å². The van der Waals surface area contributed by atoms with Crippen molar-refractivity contribution in [3.8, 4) is 6.07 Å². The normalized spacial score (nSPS) is 15.3. The Balaban J connectivity index is 1.62. The van der Waals surface area contributed by atoms with Gasteiger partial charge in [-0.2, -0.15) is 5.26 Å². The number of piperidine rings is 1. The summed E-state index contributed by atoms with van der Waals surface area (Å²) >= 11 is 6.70. The maximum Gasteiger partial charge on any atom is 0.251 e. The first-order chi connectivity index (χ1) is 16.9. The Morgan fingerprint density at radius 3 is 2.57 bits per heavy atom. The third kappa shape index (κ3) is 5.13. The van der Waals surface area contributed by atoms with Crippen LogP contribution in [-0.4, -0.2) is 35.9 Å². The predicted molar refractivity (Wildman–Crippen MR) is 137 cm³/mol. The summed E-state index contributed by atoms with van der Waals surface area (Å²) in [5, 5.41) is 13.2. The van der Waals surface area contributed by atoms with E-state index in [1.165, 1.54) is 11.8 Å². The number of hydrogen-bond donors (Lipinski definition) is 1. The van der Waals surface area contributed by atoms with Crippen molar-refractivity contribution in [1.29, 1.82) is 5.26 Å². The second-order valence-corrected chi connectivity index (χ2v) is 8.91. The zero-order valence-corrected chi connectivity index (χ0v) is 20.4. The van der Waals surface area contributed by atoms with Gasteiger partial charge < -0.3 is 10.2 Å². The second kappa shape index (κ2) is 10.6. The fourth-order valence-electron chi connectivity index (χ4n) is 4.39. The van der Waals surface area contributed by atoms with Gasteiger partial charge in [0.25, 0.3) is 5.91 Å². The third-order valence-corrected chi connectivity index (χ3v) is 6.47. The van der Waals surface area contributed by atoms with Gasteiger partial charge in [-0.1, -0.05) is 48.0 Å². The van der Waals surface area contributed by atoms with Crippen LogP contribution >= 0.6 is 11.6 Å². The number of carbonyl (C=O) groups is 2. The molecule has 7 nitrogen and oxygen atoms in total. The molecule has 35 heavy (non-hydrogen) atoms. The van der Waals surface area contributed by atoms with Crippen LogP contribution in [0.1, 0.15) is 41.3 Å². The minimum absolute atomic E-state index is 0.0814. The molecule has 0 aliphatic carbocycles. The van der Waals surface area contributed by atoms with E-state index in [1.54, 1.807) is 18.3 Å². The molecular formula is C27H26ClN5O2. The molecule has 178 valence electrons. The van der Waals surface area contributed by atoms with Gasteiger partial charge in [-0.25, -0.2) is 4.98 Å². The number of amides is 2. The first kappa shape index (κ1) is 24.2. The van der Waals surface area contributed by atoms with Crippen molar-refractivity contribution in [2.45, 2.75) is 32.7 Å². The average Bonchev–Trinajstić information content (AvgIpc) is 2.86. The largest absolute Gasteiger partial charge is 0.367 e. The van der Waals surface area contributed by atoms with Crippen LogP contribution in [0.4, 0.5) is 17.2 Å². The first-order valence-corrected chi connectivity index (χ1v) is 11.8. The van der Waals surface area contributed by atoms with Crippen molar-refractivity contribution in [2.75, 3.05) is 22.9 Å². The molecule has 1 atom stereocenters. The van der Waals surface area contributed by atoms with Gasteiger partial charge in [0.15, 0.2) is 5.82 Å². The summed E-state index contributed by atoms with van der Waals surface area (Å²) < 4.78 is 0. The Bertz CT molecular complexity index is 1290. The summed E-state index contributed by atoms with van der Waals surface area (Å²) in [6.07, 6.45) is 3.27. The van der Waals surface area contributed by atoms with Crippen LogP contribution in [0.5, 0.6) is 0 Å². The van der Waals surface area contributed by atoms with E-state index in [-0.39, 0.29) is 34.3 Å². The number of carbonyl (C=O) groups excluding carboxylic acids is 2. The molecule has 8 heteroatoms. The molecule has 0 radical (unpaired) electrons. The number of aryl methyl sites for hydroxylation is 1. The van der Waals surface area contributed by atoms with Gasteiger partial charge >= 0.3 is 0 Å². The smallest absolute Gasteiger partial charge is 0.251 e. The van der Waals surface area contributed by atoms with E-state index < -0.39 is 0 Å². The SMILES string of the molecule is CC(=O)N(c1ccccc1C)c1ncc(N2CCCC(NC(=O)c3ccccc3)C2)c(C#N)c1Cl. The van der Waals surface area contributed by atoms with Gasteiger partial charge in [0.2, 0.25) is 5.91 Å². The Hall–Kier alpha value is -3.89. The maximum absolute atomic E-state index is 12.6. The highest BCUT2D eigenvalue weighted by Gasteiger charge is 2.28. The topological polar surface area (TPSA) is 89.3 Å². The predicted octanol–water partition coefficient (Wildman–Crippen LogP) is 5.00. The van der Waals surface area contributed by atoms with Crippen molar-refractivity contribution >= 4 is 40.6 Å². The van der Waals surface area contributed by atoms with Gasteiger partial charge in [-0.3, -0.25) is 14.5 Å². The Labute approximate surface area is 209 Å². The molecule has 0 saturated carbocycles. The number of anilines is 3. The number of nitrogens with zero attached hydrogens (tertiary/aromatic N) is 4. The molecule has 0 bridgehead atoms. The lowest BCUT2D eigenvalue weighted by molar-refractivity contribution is -0.115. The monoisotopic (exact) mass is 487 g/mol. The first-order valence-electron chi connectivity index (χ1n) is 11.5. The average molecular weight is 488 g/mol. The number of rotatable bonds is 5. The highest BCUT2D eigenvalue weighted by molar-refractivity contribution is 6.35. The summed E-state index contributed by atoms with van der Waals surface area (Å²) in [5.41, 5.74) is 3.00. The minimum atomic E-state index is -0.257. The van der Waals surface area contributed by atoms with Gasteiger partial charge in [0.05, 0.1) is 23.1 Å². The number of para-hydroxylation sites is 1. The quantitative estimate of drug-likeness (QED) is 0.547. The lowest BCUT2D eigenvalue weighted by Gasteiger charge is -2.35. The number of benzene rings is 2. The van der Waals surface area contributed by atoms with E-state index in [0.717, 1.165) is 18.4 Å². The van der Waals surface area contributed by atoms with Crippen LogP contribution in [0, 0.1) is 18.3 Å². The molecule has 1 aromatic heterocycles. The van der Waals surface area contributed by atoms with Crippen molar-refractivity contribution in [3.63, 3.8) is 0 Å². The molecule has 1 aliphatic rings. The summed E-state index contributed by atoms with van der Waals surface area (Å²) in [4.78, 5) is 33.2. The second-order valence-electron chi connectivity index (χ2n) is 8.53. The number of nitriles is 1. The number of aromatic nitrogens is 1. The third-order valence-electron chi connectivity index (χ3n) is 6.11. The number of nitrogens with one attached hydrogen (secondary N) is 1. The molecule has 2 amide bonds. The van der Waals surface area contributed by atoms with Gasteiger partial charge in [0, 0.05) is 31.6 Å². The molecule has 3 aromatic rings. The zero-order valence-electron chi connectivity index (χ0n) is 19.7. The number of hydrogen-bond acceptors (Lipinski definition) is 5. The summed E-state index contributed by atoms with van der Waals surface area (Å²) in [6, 6.07) is 18.7. The van der Waals surface area contributed by atoms with E-state index >= 15 is 0 Å². The molecular weight excluding hydrogens is 462 g/mol. The van der Waals surface area contributed by atoms with E-state index in [0.29, 0.717) is 30.0 Å². The Morgan fingerprint density at radius 1 is 1.17 bits per heavy atom. The van der Waals surface area contributed by atoms with Crippen molar-refractivity contribution in [3.05, 3.63) is 82.5 Å². The highest BCUT2D eigenvalue weighted by Crippen LogP contribution is 2.38. The van der Waals surface area contributed by atoms with Crippen LogP contribution in [0.2, 0.25) is 5.02 Å². The molecule has 4 rings (SSSR count). The van der Waals surface area contributed by atoms with Crippen LogP contribution in [0.25, 0.3) is 0 Å². The molecule has 1 aliphatic heterocycles. The van der Waals surface area contributed by atoms with Gasteiger partial charge in [-0.15, -0.1) is 0 Å². The van der Waals surface area contributed by atoms with Crippen LogP contribution in [0.15, 0.2) is 60.8 Å². The molecule has 1 unspecified atom stereocenters. The van der Waals surface area contributed by atoms with Gasteiger partial charge in [-0.05, 0) is 43.5 Å². The molecule has 2 aromatic carbocycles. The number of pyridine rings is 1. The molecule has 1 saturated heterocycles. The lowest BCUT2D eigenvalue weighted by atomic mass is 10.0. The fourth-order valence-corrected chi connectivity index (χ4v) is 4.66. The highest BCUT2D eigenvalue weighted by atomic mass is 35.5. The molecule has 1 N–H and O–H groups in total. The molecule has 0 spiro atoms. The zero-order chi connectivity index (χ0) is 24.9. The van der Waals surface area contributed by atoms with E-state index in [9.17, 15) is 14.9 Å². The van der Waals surface area contributed by atoms with Crippen LogP contribution in [0.3, 0.4) is 0 Å². The Kier molecular flexibility index (Phi) is 7.33. The van der Waals surface area contributed by atoms with Gasteiger partial charge in [0.1, 0.15) is 11.1 Å². The van der Waals surface area contributed by atoms with Crippen molar-refractivity contribution in [1.82, 2.24) is 10.3 Å². The Morgan fingerprint density at radius 2 is 1.89 bits per heavy atom. The summed E-state index contributed by atoms with van der Waals surface area (Å²) in [5.74, 6) is -0.161. The lowest BCUT2D eigenvalue weighted by Crippen LogP contribution is -2.48. The number of halogens is 1. The molecule has 2 heterocycles. The summed E-state index contributed by atoms with van der Waals surface area (Å²) in [6.45, 7) is 4.57. The van der Waals surface area contributed by atoms with Crippen molar-refractivity contribution in [2.24, 2.45) is 0 Å². The van der Waals surface area contributed by atoms with E-state index in [2.05, 4.69) is 16.4 Å². The van der Waals surface area contributed by atoms with Crippen molar-refractivity contribution < 1.29 is 9.59 Å². The fraction of sp³-hybridized carbons (Fsp3) is 0.259. The minimum Gasteiger partial charge on any atom is -0.367 e. The standard InChI is InChI=1S/C27H26ClN5O2/c1-18-9-6-7-13-23(18)33(19(2)34)26-25(28)22(15-29)24(16-30-26)32-14-8-12-21(17-32)31-27(35)20-10-4-3-5-11-20/h3-7,9-11,13,16,21H,8,12,14,17H2,1-2H3,(H,31,35). The maximum atomic E-state index is 12.6.